The molecule has 2 aromatic rings. The minimum absolute atomic E-state index is 0.0773. The van der Waals surface area contributed by atoms with Crippen molar-refractivity contribution in [1.29, 1.82) is 0 Å². The Morgan fingerprint density at radius 1 is 1.47 bits per heavy atom. The highest BCUT2D eigenvalue weighted by molar-refractivity contribution is 5.77. The lowest BCUT2D eigenvalue weighted by atomic mass is 10.2. The molecule has 0 spiro atoms. The normalized spacial score (nSPS) is 10.2. The van der Waals surface area contributed by atoms with Gasteiger partial charge in [-0.1, -0.05) is 17.2 Å². The number of hydrogen-bond donors (Lipinski definition) is 0. The maximum absolute atomic E-state index is 12.0. The van der Waals surface area contributed by atoms with Crippen molar-refractivity contribution in [2.24, 2.45) is 12.2 Å². The number of aromatic nitrogens is 2. The Hall–Kier alpha value is -2.33. The second-order valence-electron chi connectivity index (χ2n) is 3.61. The van der Waals surface area contributed by atoms with Crippen LogP contribution in [0.25, 0.3) is 21.3 Å². The van der Waals surface area contributed by atoms with Gasteiger partial charge in [0, 0.05) is 24.9 Å². The van der Waals surface area contributed by atoms with E-state index in [1.807, 2.05) is 12.1 Å². The van der Waals surface area contributed by atoms with Gasteiger partial charge in [0.15, 0.2) is 0 Å². The number of para-hydroxylation sites is 1. The minimum atomic E-state index is -0.0773. The van der Waals surface area contributed by atoms with Crippen molar-refractivity contribution in [3.63, 3.8) is 0 Å². The fourth-order valence-electron chi connectivity index (χ4n) is 1.68. The summed E-state index contributed by atoms with van der Waals surface area (Å²) in [6, 6.07) is 7.20. The third kappa shape index (κ3) is 2.11. The predicted molar refractivity (Wildman–Crippen MR) is 64.7 cm³/mol. The molecule has 0 fully saturated rings. The van der Waals surface area contributed by atoms with E-state index in [4.69, 9.17) is 5.53 Å². The van der Waals surface area contributed by atoms with Gasteiger partial charge in [-0.3, -0.25) is 9.36 Å². The van der Waals surface area contributed by atoms with Gasteiger partial charge < -0.3 is 0 Å². The average Bonchev–Trinajstić information content (AvgIpc) is 2.35. The summed E-state index contributed by atoms with van der Waals surface area (Å²) < 4.78 is 1.50. The van der Waals surface area contributed by atoms with Crippen LogP contribution in [0.1, 0.15) is 5.82 Å². The van der Waals surface area contributed by atoms with Crippen LogP contribution >= 0.6 is 0 Å². The highest BCUT2D eigenvalue weighted by Crippen LogP contribution is 2.07. The molecule has 6 heteroatoms. The fourth-order valence-corrected chi connectivity index (χ4v) is 1.68. The molecule has 1 aromatic heterocycles. The molecule has 1 heterocycles. The summed E-state index contributed by atoms with van der Waals surface area (Å²) in [5.41, 5.74) is 8.80. The van der Waals surface area contributed by atoms with E-state index in [2.05, 4.69) is 15.0 Å². The van der Waals surface area contributed by atoms with E-state index in [0.717, 1.165) is 0 Å². The van der Waals surface area contributed by atoms with Gasteiger partial charge in [0.2, 0.25) is 0 Å². The van der Waals surface area contributed by atoms with E-state index in [9.17, 15) is 4.79 Å². The number of azide groups is 1. The number of benzene rings is 1. The van der Waals surface area contributed by atoms with Gasteiger partial charge in [-0.25, -0.2) is 4.98 Å². The maximum atomic E-state index is 12.0. The Morgan fingerprint density at radius 3 is 3.00 bits per heavy atom. The number of hydrogen-bond acceptors (Lipinski definition) is 3. The molecule has 0 N–H and O–H groups in total. The first kappa shape index (κ1) is 11.2. The van der Waals surface area contributed by atoms with E-state index in [0.29, 0.717) is 29.7 Å². The lowest BCUT2D eigenvalue weighted by Crippen LogP contribution is -2.22. The second-order valence-corrected chi connectivity index (χ2v) is 3.61. The highest BCUT2D eigenvalue weighted by Gasteiger charge is 2.06. The molecule has 17 heavy (non-hydrogen) atoms. The number of nitrogens with zero attached hydrogens (tertiary/aromatic N) is 5. The zero-order valence-corrected chi connectivity index (χ0v) is 9.37. The molecule has 2 rings (SSSR count). The van der Waals surface area contributed by atoms with Crippen molar-refractivity contribution in [2.75, 3.05) is 6.54 Å². The molecule has 86 valence electrons. The van der Waals surface area contributed by atoms with Crippen molar-refractivity contribution in [3.8, 4) is 0 Å². The third-order valence-corrected chi connectivity index (χ3v) is 2.57. The molecular formula is C11H11N5O. The van der Waals surface area contributed by atoms with Crippen LogP contribution in [0, 0.1) is 0 Å². The van der Waals surface area contributed by atoms with E-state index >= 15 is 0 Å². The van der Waals surface area contributed by atoms with Gasteiger partial charge in [0.1, 0.15) is 5.82 Å². The SMILES string of the molecule is Cn1c(CCN=[N+]=[N-])nc2ccccc2c1=O. The summed E-state index contributed by atoms with van der Waals surface area (Å²) in [5.74, 6) is 0.626. The monoisotopic (exact) mass is 229 g/mol. The van der Waals surface area contributed by atoms with E-state index in [-0.39, 0.29) is 5.56 Å². The molecule has 0 saturated heterocycles. The molecule has 0 bridgehead atoms. The summed E-state index contributed by atoms with van der Waals surface area (Å²) in [7, 11) is 1.67. The van der Waals surface area contributed by atoms with E-state index < -0.39 is 0 Å². The zero-order valence-electron chi connectivity index (χ0n) is 9.37. The lowest BCUT2D eigenvalue weighted by Gasteiger charge is -2.07. The summed E-state index contributed by atoms with van der Waals surface area (Å²) in [6.07, 6.45) is 0.459. The topological polar surface area (TPSA) is 83.7 Å². The molecule has 1 aromatic carbocycles. The molecule has 0 amide bonds. The van der Waals surface area contributed by atoms with Crippen LogP contribution in [0.5, 0.6) is 0 Å². The van der Waals surface area contributed by atoms with Crippen LogP contribution in [0.3, 0.4) is 0 Å². The van der Waals surface area contributed by atoms with Crippen molar-refractivity contribution in [1.82, 2.24) is 9.55 Å². The third-order valence-electron chi connectivity index (χ3n) is 2.57. The number of fused-ring (bicyclic) bond motifs is 1. The Kier molecular flexibility index (Phi) is 3.07. The lowest BCUT2D eigenvalue weighted by molar-refractivity contribution is 0.730. The summed E-state index contributed by atoms with van der Waals surface area (Å²) in [6.45, 7) is 0.301. The van der Waals surface area contributed by atoms with Crippen molar-refractivity contribution >= 4 is 10.9 Å². The van der Waals surface area contributed by atoms with Crippen LogP contribution in [0.4, 0.5) is 0 Å². The van der Waals surface area contributed by atoms with Crippen molar-refractivity contribution in [3.05, 3.63) is 50.9 Å². The van der Waals surface area contributed by atoms with Crippen LogP contribution in [-0.2, 0) is 13.5 Å². The van der Waals surface area contributed by atoms with Crippen molar-refractivity contribution < 1.29 is 0 Å². The molecule has 0 aliphatic carbocycles. The van der Waals surface area contributed by atoms with Crippen LogP contribution in [-0.4, -0.2) is 16.1 Å². The van der Waals surface area contributed by atoms with Gasteiger partial charge in [0.25, 0.3) is 5.56 Å². The Labute approximate surface area is 97.2 Å². The summed E-state index contributed by atoms with van der Waals surface area (Å²) >= 11 is 0. The van der Waals surface area contributed by atoms with E-state index in [1.54, 1.807) is 19.2 Å². The zero-order chi connectivity index (χ0) is 12.3. The number of rotatable bonds is 3. The van der Waals surface area contributed by atoms with Crippen LogP contribution in [0.15, 0.2) is 34.2 Å². The first-order valence-electron chi connectivity index (χ1n) is 5.19. The molecule has 6 nitrogen and oxygen atoms in total. The van der Waals surface area contributed by atoms with Gasteiger partial charge in [-0.2, -0.15) is 0 Å². The first-order valence-corrected chi connectivity index (χ1v) is 5.19. The largest absolute Gasteiger partial charge is 0.299 e. The van der Waals surface area contributed by atoms with Crippen molar-refractivity contribution in [2.45, 2.75) is 6.42 Å². The standard InChI is InChI=1S/C11H11N5O/c1-16-10(6-7-13-15-12)14-9-5-3-2-4-8(9)11(16)17/h2-5H,6-7H2,1H3. The molecule has 0 unspecified atom stereocenters. The quantitative estimate of drug-likeness (QED) is 0.456. The highest BCUT2D eigenvalue weighted by atomic mass is 16.1. The van der Waals surface area contributed by atoms with Gasteiger partial charge in [-0.05, 0) is 17.7 Å². The Bertz CT molecular complexity index is 654. The van der Waals surface area contributed by atoms with Gasteiger partial charge in [0.05, 0.1) is 10.9 Å². The average molecular weight is 229 g/mol. The molecule has 0 aliphatic rings. The smallest absolute Gasteiger partial charge is 0.261 e. The molecule has 0 saturated carbocycles. The Morgan fingerprint density at radius 2 is 2.24 bits per heavy atom. The van der Waals surface area contributed by atoms with Gasteiger partial charge >= 0.3 is 0 Å². The maximum Gasteiger partial charge on any atom is 0.261 e. The van der Waals surface area contributed by atoms with Gasteiger partial charge in [-0.15, -0.1) is 0 Å². The minimum Gasteiger partial charge on any atom is -0.299 e. The van der Waals surface area contributed by atoms with Crippen LogP contribution in [0.2, 0.25) is 0 Å². The van der Waals surface area contributed by atoms with Crippen LogP contribution < -0.4 is 5.56 Å². The Balaban J connectivity index is 2.53. The first-order chi connectivity index (χ1) is 8.24. The second kappa shape index (κ2) is 4.67. The molecule has 0 radical (unpaired) electrons. The summed E-state index contributed by atoms with van der Waals surface area (Å²) in [5, 5.41) is 4.04. The van der Waals surface area contributed by atoms with E-state index in [1.165, 1.54) is 4.57 Å². The molecule has 0 aliphatic heterocycles. The molecular weight excluding hydrogens is 218 g/mol. The fraction of sp³-hybridized carbons (Fsp3) is 0.273. The molecule has 0 atom stereocenters. The predicted octanol–water partition coefficient (Wildman–Crippen LogP) is 1.79. The summed E-state index contributed by atoms with van der Waals surface area (Å²) in [4.78, 5) is 19.1.